The van der Waals surface area contributed by atoms with Gasteiger partial charge in [0.05, 0.1) is 32.3 Å². The number of carbonyl (C=O) groups is 1. The molecule has 0 unspecified atom stereocenters. The minimum Gasteiger partial charge on any atom is -0.495 e. The van der Waals surface area contributed by atoms with Crippen molar-refractivity contribution in [1.29, 1.82) is 0 Å². The van der Waals surface area contributed by atoms with Crippen LogP contribution in [0.4, 0.5) is 5.13 Å². The van der Waals surface area contributed by atoms with Crippen molar-refractivity contribution in [2.24, 2.45) is 0 Å². The summed E-state index contributed by atoms with van der Waals surface area (Å²) in [6.45, 7) is 4.95. The SMILES string of the molecule is COc1ccc(OC)c2sc(N(CCCN3CCOCC3)C(=O)c3cccs3)nc12.Cl. The lowest BCUT2D eigenvalue weighted by Crippen LogP contribution is -2.39. The van der Waals surface area contributed by atoms with Crippen LogP contribution in [0.2, 0.25) is 0 Å². The molecule has 0 spiro atoms. The third-order valence-electron chi connectivity index (χ3n) is 5.07. The monoisotopic (exact) mass is 483 g/mol. The number of carbonyl (C=O) groups excluding carboxylic acids is 1. The summed E-state index contributed by atoms with van der Waals surface area (Å²) in [7, 11) is 3.26. The highest BCUT2D eigenvalue weighted by atomic mass is 35.5. The lowest BCUT2D eigenvalue weighted by Gasteiger charge is -2.27. The van der Waals surface area contributed by atoms with Gasteiger partial charge < -0.3 is 14.2 Å². The molecule has 7 nitrogen and oxygen atoms in total. The molecule has 10 heteroatoms. The summed E-state index contributed by atoms with van der Waals surface area (Å²) in [5, 5.41) is 2.58. The fourth-order valence-corrected chi connectivity index (χ4v) is 5.25. The number of thiazole rings is 1. The summed E-state index contributed by atoms with van der Waals surface area (Å²) in [6.07, 6.45) is 0.862. The van der Waals surface area contributed by atoms with Crippen molar-refractivity contribution in [3.05, 3.63) is 34.5 Å². The van der Waals surface area contributed by atoms with Crippen LogP contribution in [0.3, 0.4) is 0 Å². The smallest absolute Gasteiger partial charge is 0.270 e. The Morgan fingerprint density at radius 3 is 2.61 bits per heavy atom. The van der Waals surface area contributed by atoms with E-state index in [2.05, 4.69) is 4.90 Å². The van der Waals surface area contributed by atoms with Crippen molar-refractivity contribution in [1.82, 2.24) is 9.88 Å². The molecule has 2 aromatic heterocycles. The summed E-state index contributed by atoms with van der Waals surface area (Å²) >= 11 is 2.90. The molecule has 4 rings (SSSR count). The lowest BCUT2D eigenvalue weighted by atomic mass is 10.3. The van der Waals surface area contributed by atoms with E-state index in [9.17, 15) is 4.79 Å². The number of methoxy groups -OCH3 is 2. The molecule has 1 aliphatic heterocycles. The minimum atomic E-state index is -0.0241. The molecule has 0 bridgehead atoms. The van der Waals surface area contributed by atoms with Gasteiger partial charge in [0.1, 0.15) is 21.7 Å². The normalized spacial score (nSPS) is 14.3. The maximum Gasteiger partial charge on any atom is 0.270 e. The van der Waals surface area contributed by atoms with Crippen LogP contribution >= 0.6 is 35.1 Å². The number of benzene rings is 1. The van der Waals surface area contributed by atoms with E-state index < -0.39 is 0 Å². The van der Waals surface area contributed by atoms with Gasteiger partial charge in [0.2, 0.25) is 0 Å². The van der Waals surface area contributed by atoms with Crippen LogP contribution in [0.1, 0.15) is 16.1 Å². The quantitative estimate of drug-likeness (QED) is 0.479. The van der Waals surface area contributed by atoms with E-state index in [1.165, 1.54) is 22.7 Å². The molecule has 0 saturated carbocycles. The van der Waals surface area contributed by atoms with Gasteiger partial charge in [0, 0.05) is 26.2 Å². The van der Waals surface area contributed by atoms with Crippen molar-refractivity contribution >= 4 is 56.3 Å². The van der Waals surface area contributed by atoms with Gasteiger partial charge in [0.25, 0.3) is 5.91 Å². The molecule has 1 saturated heterocycles. The number of amides is 1. The number of aromatic nitrogens is 1. The molecule has 31 heavy (non-hydrogen) atoms. The third kappa shape index (κ3) is 5.30. The first-order chi connectivity index (χ1) is 14.7. The van der Waals surface area contributed by atoms with Crippen molar-refractivity contribution in [2.75, 3.05) is 58.5 Å². The average Bonchev–Trinajstić information content (AvgIpc) is 3.47. The Kier molecular flexibility index (Phi) is 8.50. The molecule has 0 radical (unpaired) electrons. The van der Waals surface area contributed by atoms with Gasteiger partial charge in [-0.15, -0.1) is 23.7 Å². The first-order valence-electron chi connectivity index (χ1n) is 9.88. The Balaban J connectivity index is 0.00000272. The summed E-state index contributed by atoms with van der Waals surface area (Å²) in [6, 6.07) is 7.46. The summed E-state index contributed by atoms with van der Waals surface area (Å²) < 4.78 is 17.3. The summed E-state index contributed by atoms with van der Waals surface area (Å²) in [4.78, 5) is 22.9. The van der Waals surface area contributed by atoms with Gasteiger partial charge in [-0.05, 0) is 30.0 Å². The fraction of sp³-hybridized carbons (Fsp3) is 0.429. The lowest BCUT2D eigenvalue weighted by molar-refractivity contribution is 0.0376. The number of nitrogens with zero attached hydrogens (tertiary/aromatic N) is 3. The van der Waals surface area contributed by atoms with E-state index in [0.29, 0.717) is 27.8 Å². The van der Waals surface area contributed by atoms with Gasteiger partial charge in [-0.2, -0.15) is 0 Å². The molecule has 1 amide bonds. The van der Waals surface area contributed by atoms with Gasteiger partial charge in [-0.1, -0.05) is 17.4 Å². The average molecular weight is 484 g/mol. The van der Waals surface area contributed by atoms with E-state index in [4.69, 9.17) is 19.2 Å². The first-order valence-corrected chi connectivity index (χ1v) is 11.6. The Morgan fingerprint density at radius 2 is 1.94 bits per heavy atom. The van der Waals surface area contributed by atoms with Crippen LogP contribution in [0.5, 0.6) is 11.5 Å². The van der Waals surface area contributed by atoms with Gasteiger partial charge in [-0.25, -0.2) is 4.98 Å². The van der Waals surface area contributed by atoms with Gasteiger partial charge in [0.15, 0.2) is 5.13 Å². The zero-order valence-electron chi connectivity index (χ0n) is 17.5. The Hall–Kier alpha value is -1.91. The maximum atomic E-state index is 13.3. The molecule has 3 heterocycles. The largest absolute Gasteiger partial charge is 0.495 e. The van der Waals surface area contributed by atoms with Crippen LogP contribution in [0.15, 0.2) is 29.6 Å². The molecule has 3 aromatic rings. The number of hydrogen-bond acceptors (Lipinski definition) is 8. The molecule has 1 aliphatic rings. The Bertz CT molecular complexity index is 949. The Labute approximate surface area is 195 Å². The summed E-state index contributed by atoms with van der Waals surface area (Å²) in [5.74, 6) is 1.38. The first kappa shape index (κ1) is 23.7. The van der Waals surface area contributed by atoms with E-state index in [1.54, 1.807) is 19.1 Å². The second-order valence-electron chi connectivity index (χ2n) is 6.89. The molecule has 0 atom stereocenters. The van der Waals surface area contributed by atoms with Crippen molar-refractivity contribution in [3.63, 3.8) is 0 Å². The van der Waals surface area contributed by atoms with E-state index in [-0.39, 0.29) is 18.3 Å². The van der Waals surface area contributed by atoms with Crippen molar-refractivity contribution < 1.29 is 19.0 Å². The molecule has 168 valence electrons. The predicted molar refractivity (Wildman–Crippen MR) is 128 cm³/mol. The number of anilines is 1. The molecular weight excluding hydrogens is 458 g/mol. The zero-order chi connectivity index (χ0) is 20.9. The van der Waals surface area contributed by atoms with Gasteiger partial charge in [-0.3, -0.25) is 14.6 Å². The predicted octanol–water partition coefficient (Wildman–Crippen LogP) is 4.17. The highest BCUT2D eigenvalue weighted by Gasteiger charge is 2.24. The van der Waals surface area contributed by atoms with E-state index in [1.807, 2.05) is 29.6 Å². The number of fused-ring (bicyclic) bond motifs is 1. The molecule has 1 fully saturated rings. The number of rotatable bonds is 8. The second-order valence-corrected chi connectivity index (χ2v) is 8.81. The van der Waals surface area contributed by atoms with E-state index >= 15 is 0 Å². The number of ether oxygens (including phenoxy) is 3. The zero-order valence-corrected chi connectivity index (χ0v) is 20.0. The van der Waals surface area contributed by atoms with Crippen LogP contribution < -0.4 is 14.4 Å². The third-order valence-corrected chi connectivity index (χ3v) is 7.02. The summed E-state index contributed by atoms with van der Waals surface area (Å²) in [5.41, 5.74) is 0.717. The van der Waals surface area contributed by atoms with Crippen LogP contribution in [0, 0.1) is 0 Å². The van der Waals surface area contributed by atoms with Gasteiger partial charge >= 0.3 is 0 Å². The Morgan fingerprint density at radius 1 is 1.19 bits per heavy atom. The minimum absolute atomic E-state index is 0. The van der Waals surface area contributed by atoms with Crippen LogP contribution in [0.25, 0.3) is 10.2 Å². The fourth-order valence-electron chi connectivity index (χ4n) is 3.48. The maximum absolute atomic E-state index is 13.3. The number of morpholine rings is 1. The van der Waals surface area contributed by atoms with Crippen molar-refractivity contribution in [2.45, 2.75) is 6.42 Å². The number of halogens is 1. The number of thiophene rings is 1. The molecule has 1 aromatic carbocycles. The number of hydrogen-bond donors (Lipinski definition) is 0. The highest BCUT2D eigenvalue weighted by Crippen LogP contribution is 2.40. The molecular formula is C21H26ClN3O4S2. The molecule has 0 aliphatic carbocycles. The standard InChI is InChI=1S/C21H25N3O4S2.ClH/c1-26-15-6-7-16(27-2)19-18(15)22-21(30-19)24(20(25)17-5-3-14-29-17)9-4-8-23-10-12-28-13-11-23;/h3,5-7,14H,4,8-13H2,1-2H3;1H. The second kappa shape index (κ2) is 11.1. The van der Waals surface area contributed by atoms with E-state index in [0.717, 1.165) is 49.7 Å². The van der Waals surface area contributed by atoms with Crippen molar-refractivity contribution in [3.8, 4) is 11.5 Å². The molecule has 0 N–H and O–H groups in total. The highest BCUT2D eigenvalue weighted by molar-refractivity contribution is 7.23. The van der Waals surface area contributed by atoms with Crippen LogP contribution in [-0.2, 0) is 4.74 Å². The van der Waals surface area contributed by atoms with Crippen LogP contribution in [-0.4, -0.2) is 69.4 Å². The topological polar surface area (TPSA) is 64.1 Å².